The molecule has 0 aliphatic heterocycles. The summed E-state index contributed by atoms with van der Waals surface area (Å²) < 4.78 is 5.57. The average molecular weight is 322 g/mol. The lowest BCUT2D eigenvalue weighted by Gasteiger charge is -2.26. The van der Waals surface area contributed by atoms with Crippen molar-refractivity contribution in [3.63, 3.8) is 0 Å². The summed E-state index contributed by atoms with van der Waals surface area (Å²) in [4.78, 5) is 12.0. The van der Waals surface area contributed by atoms with E-state index in [1.54, 1.807) is 6.92 Å². The summed E-state index contributed by atoms with van der Waals surface area (Å²) >= 11 is 0. The SMILES string of the molecule is CCCOc1ccc(NC(=O)NCC(C)(C)CC(C)O)c(C)c1. The maximum Gasteiger partial charge on any atom is 0.319 e. The van der Waals surface area contributed by atoms with Crippen molar-refractivity contribution in [1.29, 1.82) is 0 Å². The molecular weight excluding hydrogens is 292 g/mol. The largest absolute Gasteiger partial charge is 0.494 e. The lowest BCUT2D eigenvalue weighted by Crippen LogP contribution is -2.38. The maximum atomic E-state index is 12.0. The number of amides is 2. The smallest absolute Gasteiger partial charge is 0.319 e. The number of anilines is 1. The normalized spacial score (nSPS) is 12.6. The maximum absolute atomic E-state index is 12.0. The minimum absolute atomic E-state index is 0.154. The minimum atomic E-state index is -0.382. The van der Waals surface area contributed by atoms with Gasteiger partial charge in [-0.05, 0) is 55.9 Å². The summed E-state index contributed by atoms with van der Waals surface area (Å²) in [6, 6.07) is 5.38. The molecule has 2 amide bonds. The molecule has 130 valence electrons. The monoisotopic (exact) mass is 322 g/mol. The molecule has 0 heterocycles. The fourth-order valence-electron chi connectivity index (χ4n) is 2.44. The molecule has 23 heavy (non-hydrogen) atoms. The van der Waals surface area contributed by atoms with Gasteiger partial charge >= 0.3 is 6.03 Å². The van der Waals surface area contributed by atoms with Crippen LogP contribution in [0.1, 0.15) is 46.1 Å². The van der Waals surface area contributed by atoms with Gasteiger partial charge in [0.1, 0.15) is 5.75 Å². The lowest BCUT2D eigenvalue weighted by molar-refractivity contribution is 0.129. The molecule has 0 spiro atoms. The van der Waals surface area contributed by atoms with E-state index in [4.69, 9.17) is 4.74 Å². The van der Waals surface area contributed by atoms with Crippen molar-refractivity contribution in [2.75, 3.05) is 18.5 Å². The minimum Gasteiger partial charge on any atom is -0.494 e. The van der Waals surface area contributed by atoms with Gasteiger partial charge in [0.05, 0.1) is 12.7 Å². The van der Waals surface area contributed by atoms with Crippen LogP contribution in [0.4, 0.5) is 10.5 Å². The van der Waals surface area contributed by atoms with E-state index in [0.717, 1.165) is 23.4 Å². The van der Waals surface area contributed by atoms with Crippen LogP contribution in [-0.4, -0.2) is 30.4 Å². The number of urea groups is 1. The highest BCUT2D eigenvalue weighted by atomic mass is 16.5. The summed E-state index contributed by atoms with van der Waals surface area (Å²) in [6.45, 7) is 11.0. The van der Waals surface area contributed by atoms with Crippen LogP contribution < -0.4 is 15.4 Å². The number of carbonyl (C=O) groups excluding carboxylic acids is 1. The summed E-state index contributed by atoms with van der Waals surface area (Å²) in [6.07, 6.45) is 1.22. The van der Waals surface area contributed by atoms with Gasteiger partial charge in [0.15, 0.2) is 0 Å². The number of nitrogens with one attached hydrogen (secondary N) is 2. The molecule has 0 fully saturated rings. The Kier molecular flexibility index (Phi) is 7.36. The van der Waals surface area contributed by atoms with Crippen LogP contribution in [-0.2, 0) is 0 Å². The molecule has 5 heteroatoms. The molecule has 0 aliphatic carbocycles. The Bertz CT molecular complexity index is 513. The Labute approximate surface area is 139 Å². The second-order valence-electron chi connectivity index (χ2n) is 6.85. The first kappa shape index (κ1) is 19.3. The van der Waals surface area contributed by atoms with Gasteiger partial charge in [0.2, 0.25) is 0 Å². The molecule has 1 atom stereocenters. The van der Waals surface area contributed by atoms with E-state index >= 15 is 0 Å². The third-order valence-corrected chi connectivity index (χ3v) is 3.49. The first-order valence-corrected chi connectivity index (χ1v) is 8.20. The van der Waals surface area contributed by atoms with Gasteiger partial charge in [-0.25, -0.2) is 4.79 Å². The molecule has 0 aliphatic rings. The van der Waals surface area contributed by atoms with Crippen LogP contribution in [0.3, 0.4) is 0 Å². The molecule has 0 bridgehead atoms. The predicted molar refractivity (Wildman–Crippen MR) is 94.1 cm³/mol. The summed E-state index contributed by atoms with van der Waals surface area (Å²) in [7, 11) is 0. The molecule has 1 unspecified atom stereocenters. The number of hydrogen-bond donors (Lipinski definition) is 3. The molecule has 0 saturated carbocycles. The number of aliphatic hydroxyl groups is 1. The lowest BCUT2D eigenvalue weighted by atomic mass is 9.87. The van der Waals surface area contributed by atoms with Gasteiger partial charge in [-0.2, -0.15) is 0 Å². The molecule has 0 radical (unpaired) electrons. The summed E-state index contributed by atoms with van der Waals surface area (Å²) in [5, 5.41) is 15.2. The molecule has 0 aromatic heterocycles. The second kappa shape index (κ2) is 8.77. The first-order valence-electron chi connectivity index (χ1n) is 8.20. The van der Waals surface area contributed by atoms with Crippen molar-refractivity contribution < 1.29 is 14.6 Å². The number of hydrogen-bond acceptors (Lipinski definition) is 3. The number of benzene rings is 1. The van der Waals surface area contributed by atoms with E-state index in [2.05, 4.69) is 17.6 Å². The highest BCUT2D eigenvalue weighted by Gasteiger charge is 2.21. The Morgan fingerprint density at radius 2 is 2.09 bits per heavy atom. The van der Waals surface area contributed by atoms with Gasteiger partial charge in [0, 0.05) is 12.2 Å². The van der Waals surface area contributed by atoms with Gasteiger partial charge < -0.3 is 20.5 Å². The third kappa shape index (κ3) is 7.37. The van der Waals surface area contributed by atoms with Gasteiger partial charge in [0.25, 0.3) is 0 Å². The highest BCUT2D eigenvalue weighted by molar-refractivity contribution is 5.90. The van der Waals surface area contributed by atoms with Crippen LogP contribution in [0, 0.1) is 12.3 Å². The standard InChI is InChI=1S/C18H30N2O3/c1-6-9-23-15-7-8-16(13(2)10-15)20-17(22)19-12-18(4,5)11-14(3)21/h7-8,10,14,21H,6,9,11-12H2,1-5H3,(H2,19,20,22). The molecule has 3 N–H and O–H groups in total. The van der Waals surface area contributed by atoms with Crippen LogP contribution >= 0.6 is 0 Å². The van der Waals surface area contributed by atoms with E-state index in [-0.39, 0.29) is 17.6 Å². The average Bonchev–Trinajstić information content (AvgIpc) is 2.44. The van der Waals surface area contributed by atoms with E-state index < -0.39 is 0 Å². The highest BCUT2D eigenvalue weighted by Crippen LogP contribution is 2.23. The molecule has 1 rings (SSSR count). The number of aliphatic hydroxyl groups excluding tert-OH is 1. The van der Waals surface area contributed by atoms with E-state index in [1.165, 1.54) is 0 Å². The number of ether oxygens (including phenoxy) is 1. The zero-order chi connectivity index (χ0) is 17.5. The van der Waals surface area contributed by atoms with Crippen molar-refractivity contribution >= 4 is 11.7 Å². The zero-order valence-electron chi connectivity index (χ0n) is 14.9. The quantitative estimate of drug-likeness (QED) is 0.683. The third-order valence-electron chi connectivity index (χ3n) is 3.49. The van der Waals surface area contributed by atoms with Crippen molar-refractivity contribution in [2.45, 2.75) is 53.6 Å². The second-order valence-corrected chi connectivity index (χ2v) is 6.85. The fraction of sp³-hybridized carbons (Fsp3) is 0.611. The molecule has 0 saturated heterocycles. The molecule has 1 aromatic carbocycles. The Morgan fingerprint density at radius 3 is 2.65 bits per heavy atom. The molecular formula is C18H30N2O3. The van der Waals surface area contributed by atoms with E-state index in [1.807, 2.05) is 39.0 Å². The summed E-state index contributed by atoms with van der Waals surface area (Å²) in [5.41, 5.74) is 1.56. The van der Waals surface area contributed by atoms with Crippen LogP contribution in [0.5, 0.6) is 5.75 Å². The molecule has 5 nitrogen and oxygen atoms in total. The number of carbonyl (C=O) groups is 1. The van der Waals surface area contributed by atoms with Gasteiger partial charge in [-0.15, -0.1) is 0 Å². The first-order chi connectivity index (χ1) is 10.7. The van der Waals surface area contributed by atoms with E-state index in [9.17, 15) is 9.90 Å². The van der Waals surface area contributed by atoms with Gasteiger partial charge in [-0.3, -0.25) is 0 Å². The number of rotatable bonds is 8. The molecule has 1 aromatic rings. The van der Waals surface area contributed by atoms with Crippen molar-refractivity contribution in [3.05, 3.63) is 23.8 Å². The predicted octanol–water partition coefficient (Wildman–Crippen LogP) is 3.70. The summed E-state index contributed by atoms with van der Waals surface area (Å²) in [5.74, 6) is 0.813. The Morgan fingerprint density at radius 1 is 1.39 bits per heavy atom. The van der Waals surface area contributed by atoms with Crippen LogP contribution in [0.25, 0.3) is 0 Å². The van der Waals surface area contributed by atoms with Crippen LogP contribution in [0.15, 0.2) is 18.2 Å². The van der Waals surface area contributed by atoms with Crippen molar-refractivity contribution in [2.24, 2.45) is 5.41 Å². The van der Waals surface area contributed by atoms with Gasteiger partial charge in [-0.1, -0.05) is 20.8 Å². The van der Waals surface area contributed by atoms with Crippen LogP contribution in [0.2, 0.25) is 0 Å². The van der Waals surface area contributed by atoms with Crippen molar-refractivity contribution in [3.8, 4) is 5.75 Å². The Hall–Kier alpha value is -1.75. The number of aryl methyl sites for hydroxylation is 1. The fourth-order valence-corrected chi connectivity index (χ4v) is 2.44. The topological polar surface area (TPSA) is 70.6 Å². The van der Waals surface area contributed by atoms with Crippen molar-refractivity contribution in [1.82, 2.24) is 5.32 Å². The zero-order valence-corrected chi connectivity index (χ0v) is 14.9. The Balaban J connectivity index is 2.54. The van der Waals surface area contributed by atoms with E-state index in [0.29, 0.717) is 19.6 Å².